The van der Waals surface area contributed by atoms with E-state index < -0.39 is 0 Å². The quantitative estimate of drug-likeness (QED) is 0.827. The zero-order valence-corrected chi connectivity index (χ0v) is 10.4. The van der Waals surface area contributed by atoms with Crippen molar-refractivity contribution in [1.82, 2.24) is 14.8 Å². The van der Waals surface area contributed by atoms with Crippen molar-refractivity contribution in [3.8, 4) is 0 Å². The van der Waals surface area contributed by atoms with E-state index in [0.717, 1.165) is 32.7 Å². The first-order chi connectivity index (χ1) is 8.29. The number of hydrogen-bond acceptors (Lipinski definition) is 3. The van der Waals surface area contributed by atoms with Crippen LogP contribution in [0.25, 0.3) is 0 Å². The van der Waals surface area contributed by atoms with Crippen LogP contribution in [0.3, 0.4) is 0 Å². The molecule has 0 saturated carbocycles. The Hall–Kier alpha value is -1.13. The molecule has 1 aliphatic rings. The molecule has 1 aromatic rings. The summed E-state index contributed by atoms with van der Waals surface area (Å²) in [6.07, 6.45) is 3.03. The molecule has 1 N–H and O–H groups in total. The van der Waals surface area contributed by atoms with Crippen molar-refractivity contribution in [1.29, 1.82) is 0 Å². The smallest absolute Gasteiger partial charge is 0.250 e. The minimum atomic E-state index is 0.0923. The first-order valence-corrected chi connectivity index (χ1v) is 6.41. The molecule has 2 heterocycles. The molecule has 1 aliphatic heterocycles. The second-order valence-electron chi connectivity index (χ2n) is 4.59. The molecule has 1 fully saturated rings. The summed E-state index contributed by atoms with van der Waals surface area (Å²) < 4.78 is 1.78. The van der Waals surface area contributed by atoms with E-state index in [1.165, 1.54) is 6.42 Å². The molecule has 1 aromatic heterocycles. The van der Waals surface area contributed by atoms with Crippen LogP contribution in [-0.2, 0) is 6.54 Å². The largest absolute Gasteiger partial charge is 0.314 e. The van der Waals surface area contributed by atoms with Crippen molar-refractivity contribution >= 4 is 0 Å². The van der Waals surface area contributed by atoms with Crippen LogP contribution >= 0.6 is 0 Å². The number of hydrogen-bond donors (Lipinski definition) is 1. The summed E-state index contributed by atoms with van der Waals surface area (Å²) in [6, 6.07) is 5.92. The van der Waals surface area contributed by atoms with E-state index in [0.29, 0.717) is 6.04 Å². The molecule has 1 saturated heterocycles. The van der Waals surface area contributed by atoms with E-state index in [9.17, 15) is 4.79 Å². The van der Waals surface area contributed by atoms with Crippen LogP contribution in [0, 0.1) is 0 Å². The van der Waals surface area contributed by atoms with Crippen molar-refractivity contribution in [2.45, 2.75) is 25.9 Å². The molecular weight excluding hydrogens is 214 g/mol. The van der Waals surface area contributed by atoms with Crippen LogP contribution in [-0.4, -0.2) is 41.7 Å². The molecule has 0 aromatic carbocycles. The number of rotatable bonds is 4. The molecule has 4 nitrogen and oxygen atoms in total. The molecule has 0 radical (unpaired) electrons. The minimum Gasteiger partial charge on any atom is -0.314 e. The summed E-state index contributed by atoms with van der Waals surface area (Å²) in [5.41, 5.74) is 0.0923. The number of aromatic nitrogens is 1. The highest BCUT2D eigenvalue weighted by molar-refractivity contribution is 4.93. The van der Waals surface area contributed by atoms with Crippen molar-refractivity contribution in [2.24, 2.45) is 0 Å². The van der Waals surface area contributed by atoms with E-state index in [-0.39, 0.29) is 5.56 Å². The summed E-state index contributed by atoms with van der Waals surface area (Å²) in [5, 5.41) is 3.50. The number of nitrogens with one attached hydrogen (secondary N) is 1. The Morgan fingerprint density at radius 3 is 3.06 bits per heavy atom. The second-order valence-corrected chi connectivity index (χ2v) is 4.59. The van der Waals surface area contributed by atoms with E-state index in [4.69, 9.17) is 0 Å². The molecule has 1 unspecified atom stereocenters. The molecule has 1 atom stereocenters. The predicted octanol–water partition coefficient (Wildman–Crippen LogP) is 0.532. The summed E-state index contributed by atoms with van der Waals surface area (Å²) in [7, 11) is 0. The fraction of sp³-hybridized carbons (Fsp3) is 0.615. The Kier molecular flexibility index (Phi) is 4.34. The molecule has 4 heteroatoms. The Morgan fingerprint density at radius 2 is 2.29 bits per heavy atom. The second kappa shape index (κ2) is 5.98. The molecule has 2 rings (SSSR count). The zero-order valence-electron chi connectivity index (χ0n) is 10.4. The highest BCUT2D eigenvalue weighted by atomic mass is 16.1. The van der Waals surface area contributed by atoms with Crippen LogP contribution in [0.4, 0.5) is 0 Å². The van der Waals surface area contributed by atoms with E-state index >= 15 is 0 Å². The van der Waals surface area contributed by atoms with Gasteiger partial charge in [0.2, 0.25) is 0 Å². The van der Waals surface area contributed by atoms with Crippen molar-refractivity contribution in [3.05, 3.63) is 34.7 Å². The van der Waals surface area contributed by atoms with Crippen LogP contribution in [0.1, 0.15) is 13.3 Å². The van der Waals surface area contributed by atoms with Gasteiger partial charge in [0.05, 0.1) is 0 Å². The Bertz CT molecular complexity index is 402. The van der Waals surface area contributed by atoms with Gasteiger partial charge in [-0.15, -0.1) is 0 Å². The average molecular weight is 235 g/mol. The van der Waals surface area contributed by atoms with Crippen molar-refractivity contribution in [3.63, 3.8) is 0 Å². The van der Waals surface area contributed by atoms with Gasteiger partial charge in [-0.1, -0.05) is 13.0 Å². The van der Waals surface area contributed by atoms with Gasteiger partial charge in [0, 0.05) is 51.0 Å². The van der Waals surface area contributed by atoms with Crippen molar-refractivity contribution in [2.75, 3.05) is 26.2 Å². The highest BCUT2D eigenvalue weighted by Crippen LogP contribution is 2.02. The third-order valence-electron chi connectivity index (χ3n) is 3.39. The fourth-order valence-corrected chi connectivity index (χ4v) is 2.27. The van der Waals surface area contributed by atoms with Gasteiger partial charge in [0.1, 0.15) is 0 Å². The van der Waals surface area contributed by atoms with E-state index in [2.05, 4.69) is 17.1 Å². The van der Waals surface area contributed by atoms with Crippen LogP contribution in [0.15, 0.2) is 29.2 Å². The average Bonchev–Trinajstić information content (AvgIpc) is 2.38. The number of pyridine rings is 1. The third-order valence-corrected chi connectivity index (χ3v) is 3.39. The first-order valence-electron chi connectivity index (χ1n) is 6.41. The fourth-order valence-electron chi connectivity index (χ4n) is 2.27. The van der Waals surface area contributed by atoms with Gasteiger partial charge in [0.25, 0.3) is 5.56 Å². The third kappa shape index (κ3) is 3.41. The monoisotopic (exact) mass is 235 g/mol. The van der Waals surface area contributed by atoms with Gasteiger partial charge >= 0.3 is 0 Å². The summed E-state index contributed by atoms with van der Waals surface area (Å²) in [6.45, 7) is 7.19. The lowest BCUT2D eigenvalue weighted by Gasteiger charge is -2.33. The lowest BCUT2D eigenvalue weighted by Crippen LogP contribution is -2.51. The number of piperazine rings is 1. The maximum Gasteiger partial charge on any atom is 0.250 e. The predicted molar refractivity (Wildman–Crippen MR) is 69.2 cm³/mol. The van der Waals surface area contributed by atoms with Gasteiger partial charge in [-0.05, 0) is 12.5 Å². The Labute approximate surface area is 102 Å². The van der Waals surface area contributed by atoms with Gasteiger partial charge in [-0.2, -0.15) is 0 Å². The van der Waals surface area contributed by atoms with Gasteiger partial charge < -0.3 is 9.88 Å². The highest BCUT2D eigenvalue weighted by Gasteiger charge is 2.16. The van der Waals surface area contributed by atoms with Gasteiger partial charge in [0.15, 0.2) is 0 Å². The Balaban J connectivity index is 1.86. The molecule has 0 spiro atoms. The Morgan fingerprint density at radius 1 is 1.41 bits per heavy atom. The van der Waals surface area contributed by atoms with Crippen LogP contribution < -0.4 is 10.9 Å². The molecule has 0 aliphatic carbocycles. The van der Waals surface area contributed by atoms with Gasteiger partial charge in [-0.3, -0.25) is 9.69 Å². The normalized spacial score (nSPS) is 21.6. The van der Waals surface area contributed by atoms with E-state index in [1.54, 1.807) is 16.7 Å². The molecule has 17 heavy (non-hydrogen) atoms. The van der Waals surface area contributed by atoms with E-state index in [1.807, 2.05) is 12.3 Å². The number of nitrogens with zero attached hydrogens (tertiary/aromatic N) is 2. The van der Waals surface area contributed by atoms with Crippen molar-refractivity contribution < 1.29 is 0 Å². The summed E-state index contributed by atoms with van der Waals surface area (Å²) in [4.78, 5) is 14.0. The zero-order chi connectivity index (χ0) is 12.1. The van der Waals surface area contributed by atoms with Crippen LogP contribution in [0.2, 0.25) is 0 Å². The standard InChI is InChI=1S/C13H21N3O/c1-2-12-11-15(8-6-14-12)9-10-16-7-4-3-5-13(16)17/h3-5,7,12,14H,2,6,8-11H2,1H3. The molecule has 94 valence electrons. The molecule has 0 amide bonds. The van der Waals surface area contributed by atoms with Crippen LogP contribution in [0.5, 0.6) is 0 Å². The maximum absolute atomic E-state index is 11.5. The maximum atomic E-state index is 11.5. The molecular formula is C13H21N3O. The lowest BCUT2D eigenvalue weighted by atomic mass is 10.1. The first kappa shape index (κ1) is 12.3. The summed E-state index contributed by atoms with van der Waals surface area (Å²) >= 11 is 0. The SMILES string of the molecule is CCC1CN(CCn2ccccc2=O)CCN1. The van der Waals surface area contributed by atoms with Gasteiger partial charge in [-0.25, -0.2) is 0 Å². The minimum absolute atomic E-state index is 0.0923. The summed E-state index contributed by atoms with van der Waals surface area (Å²) in [5.74, 6) is 0. The molecule has 0 bridgehead atoms. The topological polar surface area (TPSA) is 37.3 Å². The lowest BCUT2D eigenvalue weighted by molar-refractivity contribution is 0.190.